The second kappa shape index (κ2) is 16.8. The van der Waals surface area contributed by atoms with Crippen molar-refractivity contribution in [3.8, 4) is 5.75 Å². The van der Waals surface area contributed by atoms with Crippen molar-refractivity contribution >= 4 is 64.9 Å². The zero-order valence-corrected chi connectivity index (χ0v) is 38.2. The molecular formula is C45H56N4O6S3Si. The molecule has 10 nitrogen and oxygen atoms in total. The summed E-state index contributed by atoms with van der Waals surface area (Å²) < 4.78 is 14.6. The highest BCUT2D eigenvalue weighted by Gasteiger charge is 2.51. The fourth-order valence-electron chi connectivity index (χ4n) is 8.61. The predicted molar refractivity (Wildman–Crippen MR) is 238 cm³/mol. The molecule has 2 aromatic carbocycles. The van der Waals surface area contributed by atoms with E-state index in [1.54, 1.807) is 12.1 Å². The molecule has 3 aromatic heterocycles. The number of benzene rings is 2. The van der Waals surface area contributed by atoms with E-state index in [1.807, 2.05) is 39.7 Å². The van der Waals surface area contributed by atoms with Gasteiger partial charge in [0.05, 0.1) is 21.4 Å². The molecule has 5 aromatic rings. The minimum absolute atomic E-state index is 0.0429. The summed E-state index contributed by atoms with van der Waals surface area (Å²) in [5.41, 5.74) is 3.30. The fraction of sp³-hybridized carbons (Fsp3) is 0.511. The van der Waals surface area contributed by atoms with Crippen molar-refractivity contribution < 1.29 is 29.0 Å². The Morgan fingerprint density at radius 1 is 1.00 bits per heavy atom. The summed E-state index contributed by atoms with van der Waals surface area (Å²) in [5.74, 6) is 0.225. The Kier molecular flexibility index (Phi) is 12.1. The average Bonchev–Trinajstić information content (AvgIpc) is 4.02. The Morgan fingerprint density at radius 3 is 2.37 bits per heavy atom. The highest BCUT2D eigenvalue weighted by molar-refractivity contribution is 8.14. The molecular weight excluding hydrogens is 817 g/mol. The van der Waals surface area contributed by atoms with Crippen LogP contribution in [0.2, 0.25) is 18.1 Å². The quantitative estimate of drug-likeness (QED) is 0.0777. The number of likely N-dealkylation sites (tertiary alicyclic amines) is 1. The number of piperidine rings is 1. The van der Waals surface area contributed by atoms with Crippen LogP contribution in [0.4, 0.5) is 0 Å². The van der Waals surface area contributed by atoms with Crippen LogP contribution in [-0.4, -0.2) is 75.2 Å². The Balaban J connectivity index is 0.776. The highest BCUT2D eigenvalue weighted by atomic mass is 32.2. The number of hydrogen-bond acceptors (Lipinski definition) is 12. The normalized spacial score (nSPS) is 18.0. The number of fused-ring (bicyclic) bond motifs is 2. The molecule has 8 rings (SSSR count). The molecule has 14 heteroatoms. The van der Waals surface area contributed by atoms with Gasteiger partial charge in [-0.15, -0.1) is 27.8 Å². The standard InChI is InChI=1S/C45H56N4O6S3Si/c1-43(2,3)59(4,5)55-37-17-15-32(41-33(37)27-40(51)58-41)36(50)11-6-10-30-14-16-35-34(26-30)46-47-49(35)21-9-20-48-22-18-44(19-23-48)28-31(29-44)54-42(52)45(53,38-12-7-24-56-38)39-13-8-25-57-39/h7-8,12-17,24-26,31,36,50,53H,6,9-11,18-23,27-29H2,1-5H3/t36-/m0/s1. The third-order valence-corrected chi connectivity index (χ3v) is 20.6. The lowest BCUT2D eigenvalue weighted by Gasteiger charge is -2.51. The first-order valence-electron chi connectivity index (χ1n) is 20.9. The van der Waals surface area contributed by atoms with Gasteiger partial charge in [0.25, 0.3) is 0 Å². The molecule has 0 radical (unpaired) electrons. The number of rotatable bonds is 15. The third kappa shape index (κ3) is 8.73. The Bertz CT molecular complexity index is 2240. The molecule has 0 unspecified atom stereocenters. The molecule has 1 aliphatic carbocycles. The summed E-state index contributed by atoms with van der Waals surface area (Å²) in [6.45, 7) is 14.9. The van der Waals surface area contributed by atoms with Crippen LogP contribution in [-0.2, 0) is 39.3 Å². The van der Waals surface area contributed by atoms with E-state index in [-0.39, 0.29) is 21.7 Å². The van der Waals surface area contributed by atoms with Crippen LogP contribution in [0, 0.1) is 5.41 Å². The van der Waals surface area contributed by atoms with Gasteiger partial charge in [-0.2, -0.15) is 0 Å². The summed E-state index contributed by atoms with van der Waals surface area (Å²) >= 11 is 3.98. The van der Waals surface area contributed by atoms with Gasteiger partial charge < -0.3 is 24.3 Å². The molecule has 0 amide bonds. The van der Waals surface area contributed by atoms with Crippen LogP contribution in [0.15, 0.2) is 70.3 Å². The van der Waals surface area contributed by atoms with Gasteiger partial charge in [-0.3, -0.25) is 4.79 Å². The second-order valence-electron chi connectivity index (χ2n) is 18.3. The smallest absolute Gasteiger partial charge is 0.349 e. The van der Waals surface area contributed by atoms with Gasteiger partial charge in [0.2, 0.25) is 13.9 Å². The van der Waals surface area contributed by atoms with Crippen molar-refractivity contribution in [2.75, 3.05) is 19.6 Å². The number of nitrogens with zero attached hydrogens (tertiary/aromatic N) is 4. The lowest BCUT2D eigenvalue weighted by Crippen LogP contribution is -2.52. The van der Waals surface area contributed by atoms with Gasteiger partial charge in [0.1, 0.15) is 17.4 Å². The van der Waals surface area contributed by atoms with Gasteiger partial charge in [0, 0.05) is 23.4 Å². The number of aliphatic hydroxyl groups is 2. The molecule has 3 aliphatic rings. The van der Waals surface area contributed by atoms with Crippen molar-refractivity contribution in [3.05, 3.63) is 91.8 Å². The lowest BCUT2D eigenvalue weighted by molar-refractivity contribution is -0.181. The van der Waals surface area contributed by atoms with Crippen molar-refractivity contribution in [1.82, 2.24) is 19.9 Å². The van der Waals surface area contributed by atoms with E-state index in [2.05, 4.69) is 67.3 Å². The number of carbonyl (C=O) groups excluding carboxylic acids is 2. The van der Waals surface area contributed by atoms with E-state index in [1.165, 1.54) is 40.0 Å². The summed E-state index contributed by atoms with van der Waals surface area (Å²) in [6.07, 6.45) is 6.61. The number of esters is 1. The van der Waals surface area contributed by atoms with E-state index in [9.17, 15) is 19.8 Å². The molecule has 59 heavy (non-hydrogen) atoms. The minimum atomic E-state index is -2.08. The van der Waals surface area contributed by atoms with Crippen LogP contribution in [0.5, 0.6) is 5.75 Å². The summed E-state index contributed by atoms with van der Waals surface area (Å²) in [5, 5.41) is 35.8. The van der Waals surface area contributed by atoms with Crippen molar-refractivity contribution in [2.45, 2.75) is 126 Å². The number of ether oxygens (including phenoxy) is 1. The van der Waals surface area contributed by atoms with E-state index in [0.717, 1.165) is 104 Å². The van der Waals surface area contributed by atoms with Gasteiger partial charge in [0.15, 0.2) is 5.12 Å². The molecule has 0 bridgehead atoms. The molecule has 2 N–H and O–H groups in total. The number of hydrogen-bond donors (Lipinski definition) is 2. The van der Waals surface area contributed by atoms with Crippen LogP contribution in [0.3, 0.4) is 0 Å². The van der Waals surface area contributed by atoms with Crippen molar-refractivity contribution in [1.29, 1.82) is 0 Å². The van der Waals surface area contributed by atoms with Gasteiger partial charge in [-0.25, -0.2) is 9.48 Å². The molecule has 1 atom stereocenters. The van der Waals surface area contributed by atoms with Crippen LogP contribution < -0.4 is 4.43 Å². The predicted octanol–water partition coefficient (Wildman–Crippen LogP) is 9.28. The SMILES string of the molecule is CC(C)(C)[Si](C)(C)Oc1ccc([C@@H](O)CCCc2ccc3c(c2)nnn3CCCN2CCC3(CC2)CC(OC(=O)C(O)(c2cccs2)c2cccs2)C3)c2c1CC(=O)S2. The maximum Gasteiger partial charge on any atom is 0.349 e. The van der Waals surface area contributed by atoms with Crippen LogP contribution in [0.1, 0.15) is 98.3 Å². The number of thioether (sulfide) groups is 1. The Labute approximate surface area is 360 Å². The van der Waals surface area contributed by atoms with Gasteiger partial charge in [-0.1, -0.05) is 62.0 Å². The number of carbonyl (C=O) groups is 2. The Morgan fingerprint density at radius 2 is 1.71 bits per heavy atom. The van der Waals surface area contributed by atoms with Crippen LogP contribution in [0.25, 0.3) is 11.0 Å². The topological polar surface area (TPSA) is 127 Å². The number of aliphatic hydroxyl groups excluding tert-OH is 1. The molecule has 1 saturated carbocycles. The second-order valence-corrected chi connectivity index (χ2v) is 26.0. The largest absolute Gasteiger partial charge is 0.543 e. The maximum atomic E-state index is 13.4. The molecule has 314 valence electrons. The zero-order chi connectivity index (χ0) is 41.6. The van der Waals surface area contributed by atoms with Crippen molar-refractivity contribution in [3.63, 3.8) is 0 Å². The number of aryl methyl sites for hydroxylation is 2. The minimum Gasteiger partial charge on any atom is -0.543 e. The van der Waals surface area contributed by atoms with E-state index < -0.39 is 26.0 Å². The first-order valence-corrected chi connectivity index (χ1v) is 26.4. The molecule has 2 fully saturated rings. The van der Waals surface area contributed by atoms with Crippen molar-refractivity contribution in [2.24, 2.45) is 5.41 Å². The van der Waals surface area contributed by atoms with E-state index >= 15 is 0 Å². The lowest BCUT2D eigenvalue weighted by atomic mass is 9.61. The first-order chi connectivity index (χ1) is 28.1. The average molecular weight is 873 g/mol. The van der Waals surface area contributed by atoms with Crippen LogP contribution >= 0.6 is 34.4 Å². The number of thiophene rings is 2. The molecule has 2 aliphatic heterocycles. The highest BCUT2D eigenvalue weighted by Crippen LogP contribution is 2.51. The maximum absolute atomic E-state index is 13.4. The Hall–Kier alpha value is -3.37. The van der Waals surface area contributed by atoms with Gasteiger partial charge >= 0.3 is 5.97 Å². The molecule has 1 saturated heterocycles. The third-order valence-electron chi connectivity index (χ3n) is 13.2. The summed E-state index contributed by atoms with van der Waals surface area (Å²) in [4.78, 5) is 30.6. The molecule has 5 heterocycles. The molecule has 1 spiro atoms. The first kappa shape index (κ1) is 42.3. The summed E-state index contributed by atoms with van der Waals surface area (Å²) in [6, 6.07) is 17.6. The van der Waals surface area contributed by atoms with E-state index in [4.69, 9.17) is 9.16 Å². The van der Waals surface area contributed by atoms with Gasteiger partial charge in [-0.05, 0) is 147 Å². The monoisotopic (exact) mass is 872 g/mol. The zero-order valence-electron chi connectivity index (χ0n) is 34.7. The fourth-order valence-corrected chi connectivity index (χ4v) is 12.4. The van der Waals surface area contributed by atoms with E-state index in [0.29, 0.717) is 22.6 Å². The summed E-state index contributed by atoms with van der Waals surface area (Å²) in [7, 11) is -2.08. The number of aromatic nitrogens is 3.